The quantitative estimate of drug-likeness (QED) is 0.791. The van der Waals surface area contributed by atoms with Crippen LogP contribution in [0.15, 0.2) is 30.3 Å². The summed E-state index contributed by atoms with van der Waals surface area (Å²) in [7, 11) is 0. The molecule has 0 radical (unpaired) electrons. The molecule has 1 aliphatic rings. The fourth-order valence-electron chi connectivity index (χ4n) is 3.29. The van der Waals surface area contributed by atoms with Gasteiger partial charge in [-0.25, -0.2) is 0 Å². The normalized spacial score (nSPS) is 25.9. The van der Waals surface area contributed by atoms with E-state index in [2.05, 4.69) is 68.2 Å². The molecule has 1 N–H and O–H groups in total. The highest BCUT2D eigenvalue weighted by molar-refractivity contribution is 5.25. The van der Waals surface area contributed by atoms with Crippen molar-refractivity contribution in [2.45, 2.75) is 64.5 Å². The Bertz CT molecular complexity index is 426. The molecule has 1 aromatic carbocycles. The van der Waals surface area contributed by atoms with Gasteiger partial charge in [-0.05, 0) is 39.3 Å². The van der Waals surface area contributed by atoms with E-state index in [1.807, 2.05) is 0 Å². The molecule has 1 fully saturated rings. The van der Waals surface area contributed by atoms with E-state index in [4.69, 9.17) is 0 Å². The van der Waals surface area contributed by atoms with E-state index >= 15 is 0 Å². The maximum absolute atomic E-state index is 3.79. The van der Waals surface area contributed by atoms with Gasteiger partial charge in [-0.3, -0.25) is 4.90 Å². The third-order valence-electron chi connectivity index (χ3n) is 4.97. The maximum Gasteiger partial charge on any atom is 0.0535 e. The molecule has 0 aliphatic carbocycles. The van der Waals surface area contributed by atoms with Gasteiger partial charge in [0, 0.05) is 18.6 Å². The largest absolute Gasteiger partial charge is 0.305 e. The zero-order valence-electron chi connectivity index (χ0n) is 14.3. The van der Waals surface area contributed by atoms with Crippen LogP contribution in [-0.4, -0.2) is 30.1 Å². The second-order valence-corrected chi connectivity index (χ2v) is 7.35. The van der Waals surface area contributed by atoms with Crippen molar-refractivity contribution in [2.75, 3.05) is 19.6 Å². The summed E-state index contributed by atoms with van der Waals surface area (Å²) >= 11 is 0. The summed E-state index contributed by atoms with van der Waals surface area (Å²) in [4.78, 5) is 2.69. The number of unbranched alkanes of at least 4 members (excludes halogenated alkanes) is 3. The number of benzene rings is 1. The lowest BCUT2D eigenvalue weighted by molar-refractivity contribution is 0.0300. The van der Waals surface area contributed by atoms with Crippen molar-refractivity contribution in [1.82, 2.24) is 10.2 Å². The number of hydrogen-bond acceptors (Lipinski definition) is 2. The van der Waals surface area contributed by atoms with E-state index in [-0.39, 0.29) is 11.1 Å². The van der Waals surface area contributed by atoms with Crippen molar-refractivity contribution in [2.24, 2.45) is 0 Å². The number of rotatable bonds is 6. The van der Waals surface area contributed by atoms with Gasteiger partial charge in [0.15, 0.2) is 0 Å². The van der Waals surface area contributed by atoms with Crippen LogP contribution in [0.25, 0.3) is 0 Å². The first-order chi connectivity index (χ1) is 9.98. The Labute approximate surface area is 130 Å². The Balaban J connectivity index is 2.04. The molecule has 1 atom stereocenters. The Kier molecular flexibility index (Phi) is 5.45. The molecule has 0 amide bonds. The molecule has 0 saturated carbocycles. The summed E-state index contributed by atoms with van der Waals surface area (Å²) in [6.07, 6.45) is 5.36. The first-order valence-corrected chi connectivity index (χ1v) is 8.53. The summed E-state index contributed by atoms with van der Waals surface area (Å²) in [6, 6.07) is 10.9. The molecular weight excluding hydrogens is 256 g/mol. The molecule has 0 aromatic heterocycles. The fraction of sp³-hybridized carbons (Fsp3) is 0.684. The molecule has 118 valence electrons. The van der Waals surface area contributed by atoms with Crippen LogP contribution in [0.2, 0.25) is 0 Å². The van der Waals surface area contributed by atoms with Crippen LogP contribution in [0.1, 0.15) is 58.9 Å². The topological polar surface area (TPSA) is 15.3 Å². The second kappa shape index (κ2) is 6.93. The highest BCUT2D eigenvalue weighted by atomic mass is 15.3. The van der Waals surface area contributed by atoms with Gasteiger partial charge in [-0.15, -0.1) is 0 Å². The molecule has 2 nitrogen and oxygen atoms in total. The smallest absolute Gasteiger partial charge is 0.0535 e. The number of nitrogens with one attached hydrogen (secondary N) is 1. The van der Waals surface area contributed by atoms with Crippen molar-refractivity contribution in [1.29, 1.82) is 0 Å². The summed E-state index contributed by atoms with van der Waals surface area (Å²) in [5, 5.41) is 3.79. The molecule has 0 spiro atoms. The van der Waals surface area contributed by atoms with E-state index in [0.717, 1.165) is 13.1 Å². The minimum Gasteiger partial charge on any atom is -0.305 e. The molecule has 0 bridgehead atoms. The molecule has 1 aliphatic heterocycles. The Morgan fingerprint density at radius 2 is 1.76 bits per heavy atom. The van der Waals surface area contributed by atoms with Gasteiger partial charge >= 0.3 is 0 Å². The zero-order chi connectivity index (χ0) is 15.3. The van der Waals surface area contributed by atoms with Crippen molar-refractivity contribution in [3.8, 4) is 0 Å². The first-order valence-electron chi connectivity index (χ1n) is 8.53. The molecule has 2 heteroatoms. The average Bonchev–Trinajstić information content (AvgIpc) is 2.48. The van der Waals surface area contributed by atoms with Crippen LogP contribution in [0.4, 0.5) is 0 Å². The monoisotopic (exact) mass is 288 g/mol. The first kappa shape index (κ1) is 16.5. The van der Waals surface area contributed by atoms with Crippen LogP contribution >= 0.6 is 0 Å². The van der Waals surface area contributed by atoms with Crippen LogP contribution < -0.4 is 5.32 Å². The predicted octanol–water partition coefficient (Wildman–Crippen LogP) is 4.17. The van der Waals surface area contributed by atoms with Crippen molar-refractivity contribution < 1.29 is 0 Å². The standard InChI is InChI=1S/C19H32N2/c1-5-6-7-11-14-21-16-19(4,20-15-18(21,2)3)17-12-9-8-10-13-17/h8-10,12-13,20H,5-7,11,14-16H2,1-4H3. The third-order valence-corrected chi connectivity index (χ3v) is 4.97. The van der Waals surface area contributed by atoms with Gasteiger partial charge in [0.25, 0.3) is 0 Å². The Hall–Kier alpha value is -0.860. The van der Waals surface area contributed by atoms with Gasteiger partial charge in [0.2, 0.25) is 0 Å². The molecule has 1 saturated heterocycles. The number of piperazine rings is 1. The van der Waals surface area contributed by atoms with Gasteiger partial charge in [-0.1, -0.05) is 56.5 Å². The fourth-order valence-corrected chi connectivity index (χ4v) is 3.29. The Morgan fingerprint density at radius 3 is 2.43 bits per heavy atom. The van der Waals surface area contributed by atoms with Crippen LogP contribution in [0, 0.1) is 0 Å². The van der Waals surface area contributed by atoms with E-state index in [1.54, 1.807) is 0 Å². The van der Waals surface area contributed by atoms with E-state index in [9.17, 15) is 0 Å². The highest BCUT2D eigenvalue weighted by Gasteiger charge is 2.40. The molecule has 2 rings (SSSR count). The van der Waals surface area contributed by atoms with E-state index in [1.165, 1.54) is 37.8 Å². The van der Waals surface area contributed by atoms with Crippen molar-refractivity contribution in [3.05, 3.63) is 35.9 Å². The van der Waals surface area contributed by atoms with Gasteiger partial charge < -0.3 is 5.32 Å². The lowest BCUT2D eigenvalue weighted by Crippen LogP contribution is -2.65. The molecule has 1 unspecified atom stereocenters. The molecule has 1 heterocycles. The lowest BCUT2D eigenvalue weighted by atomic mass is 9.84. The SMILES string of the molecule is CCCCCCN1CC(C)(c2ccccc2)NCC1(C)C. The van der Waals surface area contributed by atoms with E-state index < -0.39 is 0 Å². The molecule has 1 aromatic rings. The van der Waals surface area contributed by atoms with Crippen molar-refractivity contribution >= 4 is 0 Å². The number of nitrogens with zero attached hydrogens (tertiary/aromatic N) is 1. The molecule has 21 heavy (non-hydrogen) atoms. The molecular formula is C19H32N2. The summed E-state index contributed by atoms with van der Waals surface area (Å²) in [6.45, 7) is 12.7. The summed E-state index contributed by atoms with van der Waals surface area (Å²) in [5.41, 5.74) is 1.72. The minimum atomic E-state index is 0.0710. The highest BCUT2D eigenvalue weighted by Crippen LogP contribution is 2.30. The third kappa shape index (κ3) is 4.08. The second-order valence-electron chi connectivity index (χ2n) is 7.35. The van der Waals surface area contributed by atoms with Gasteiger partial charge in [0.05, 0.1) is 5.54 Å². The lowest BCUT2D eigenvalue weighted by Gasteiger charge is -2.51. The van der Waals surface area contributed by atoms with Crippen LogP contribution in [0.3, 0.4) is 0 Å². The van der Waals surface area contributed by atoms with Gasteiger partial charge in [0.1, 0.15) is 0 Å². The summed E-state index contributed by atoms with van der Waals surface area (Å²) in [5.74, 6) is 0. The van der Waals surface area contributed by atoms with Crippen LogP contribution in [-0.2, 0) is 5.54 Å². The minimum absolute atomic E-state index is 0.0710. The summed E-state index contributed by atoms with van der Waals surface area (Å²) < 4.78 is 0. The van der Waals surface area contributed by atoms with Gasteiger partial charge in [-0.2, -0.15) is 0 Å². The number of hydrogen-bond donors (Lipinski definition) is 1. The maximum atomic E-state index is 3.79. The van der Waals surface area contributed by atoms with E-state index in [0.29, 0.717) is 0 Å². The predicted molar refractivity (Wildman–Crippen MR) is 91.6 cm³/mol. The van der Waals surface area contributed by atoms with Crippen LogP contribution in [0.5, 0.6) is 0 Å². The zero-order valence-corrected chi connectivity index (χ0v) is 14.3. The Morgan fingerprint density at radius 1 is 1.05 bits per heavy atom. The van der Waals surface area contributed by atoms with Crippen molar-refractivity contribution in [3.63, 3.8) is 0 Å². The average molecular weight is 288 g/mol.